The number of carbonyl (C=O) groups is 3. The molecule has 1 aliphatic rings. The summed E-state index contributed by atoms with van der Waals surface area (Å²) >= 11 is 6.79. The van der Waals surface area contributed by atoms with Gasteiger partial charge >= 0.3 is 0 Å². The van der Waals surface area contributed by atoms with Crippen LogP contribution in [0.1, 0.15) is 34.6 Å². The molecule has 30 heavy (non-hydrogen) atoms. The Balaban J connectivity index is 2.05. The van der Waals surface area contributed by atoms with E-state index >= 15 is 0 Å². The summed E-state index contributed by atoms with van der Waals surface area (Å²) in [6.45, 7) is 4.25. The molecule has 0 unspecified atom stereocenters. The molecule has 0 atom stereocenters. The van der Waals surface area contributed by atoms with E-state index < -0.39 is 5.91 Å². The number of azo groups is 1. The highest BCUT2D eigenvalue weighted by molar-refractivity contribution is 9.11. The highest BCUT2D eigenvalue weighted by Gasteiger charge is 2.36. The van der Waals surface area contributed by atoms with E-state index in [-0.39, 0.29) is 17.4 Å². The van der Waals surface area contributed by atoms with Crippen LogP contribution >= 0.6 is 31.9 Å². The molecule has 0 fully saturated rings. The maximum absolute atomic E-state index is 12.4. The highest BCUT2D eigenvalue weighted by atomic mass is 79.9. The molecule has 1 N–H and O–H groups in total. The van der Waals surface area contributed by atoms with Crippen LogP contribution in [-0.4, -0.2) is 43.3 Å². The van der Waals surface area contributed by atoms with Crippen LogP contribution in [0.4, 0.5) is 22.7 Å². The molecule has 0 saturated carbocycles. The summed E-state index contributed by atoms with van der Waals surface area (Å²) in [6, 6.07) is 7.02. The van der Waals surface area contributed by atoms with Gasteiger partial charge in [-0.1, -0.05) is 0 Å². The van der Waals surface area contributed by atoms with Crippen LogP contribution in [0, 0.1) is 0 Å². The van der Waals surface area contributed by atoms with Crippen LogP contribution in [0.5, 0.6) is 0 Å². The second-order valence-corrected chi connectivity index (χ2v) is 8.36. The number of amides is 3. The number of nitrogens with zero attached hydrogens (tertiary/aromatic N) is 4. The van der Waals surface area contributed by atoms with Gasteiger partial charge < -0.3 is 10.2 Å². The molecule has 3 rings (SSSR count). The van der Waals surface area contributed by atoms with Crippen LogP contribution in [0.15, 0.2) is 43.4 Å². The van der Waals surface area contributed by atoms with Gasteiger partial charge in [0, 0.05) is 37.7 Å². The van der Waals surface area contributed by atoms with Crippen molar-refractivity contribution >= 4 is 72.3 Å². The van der Waals surface area contributed by atoms with E-state index in [9.17, 15) is 14.4 Å². The SMILES string of the molecule is CCN(C)c1ccc(N=Nc2c(Br)cc3c(c2Br)C(=O)N(C)C3=O)c(NC(C)=O)c1. The highest BCUT2D eigenvalue weighted by Crippen LogP contribution is 2.42. The molecule has 1 aliphatic heterocycles. The first-order valence-electron chi connectivity index (χ1n) is 9.04. The molecule has 2 aromatic carbocycles. The van der Waals surface area contributed by atoms with E-state index in [2.05, 4.69) is 47.4 Å². The molecule has 3 amide bonds. The number of anilines is 2. The number of hydrogen-bond donors (Lipinski definition) is 1. The lowest BCUT2D eigenvalue weighted by molar-refractivity contribution is -0.114. The van der Waals surface area contributed by atoms with Crippen molar-refractivity contribution in [2.45, 2.75) is 13.8 Å². The van der Waals surface area contributed by atoms with Gasteiger partial charge in [-0.3, -0.25) is 19.3 Å². The molecule has 0 spiro atoms. The van der Waals surface area contributed by atoms with Crippen molar-refractivity contribution in [2.24, 2.45) is 10.2 Å². The number of halogens is 2. The fourth-order valence-corrected chi connectivity index (χ4v) is 4.39. The van der Waals surface area contributed by atoms with Crippen LogP contribution in [0.25, 0.3) is 0 Å². The minimum atomic E-state index is -0.406. The van der Waals surface area contributed by atoms with E-state index in [1.54, 1.807) is 12.1 Å². The molecule has 2 aromatic rings. The molecule has 0 aliphatic carbocycles. The third kappa shape index (κ3) is 4.01. The summed E-state index contributed by atoms with van der Waals surface area (Å²) in [6.07, 6.45) is 0. The number of fused-ring (bicyclic) bond motifs is 1. The summed E-state index contributed by atoms with van der Waals surface area (Å²) in [5, 5.41) is 11.3. The molecular formula is C20H19Br2N5O3. The minimum Gasteiger partial charge on any atom is -0.375 e. The van der Waals surface area contributed by atoms with Crippen molar-refractivity contribution in [3.63, 3.8) is 0 Å². The van der Waals surface area contributed by atoms with Gasteiger partial charge in [0.15, 0.2) is 0 Å². The third-order valence-electron chi connectivity index (χ3n) is 4.71. The van der Waals surface area contributed by atoms with E-state index in [0.717, 1.165) is 17.1 Å². The molecule has 0 aromatic heterocycles. The molecular weight excluding hydrogens is 518 g/mol. The summed E-state index contributed by atoms with van der Waals surface area (Å²) < 4.78 is 0.887. The lowest BCUT2D eigenvalue weighted by atomic mass is 10.1. The minimum absolute atomic E-state index is 0.227. The zero-order valence-electron chi connectivity index (χ0n) is 16.8. The summed E-state index contributed by atoms with van der Waals surface area (Å²) in [7, 11) is 3.38. The van der Waals surface area contributed by atoms with Gasteiger partial charge in [-0.2, -0.15) is 0 Å². The van der Waals surface area contributed by atoms with Crippen molar-refractivity contribution in [1.29, 1.82) is 0 Å². The van der Waals surface area contributed by atoms with Gasteiger partial charge in [-0.15, -0.1) is 10.2 Å². The number of benzene rings is 2. The predicted molar refractivity (Wildman–Crippen MR) is 122 cm³/mol. The molecule has 0 radical (unpaired) electrons. The fourth-order valence-electron chi connectivity index (χ4n) is 2.94. The average molecular weight is 537 g/mol. The second-order valence-electron chi connectivity index (χ2n) is 6.71. The number of hydrogen-bond acceptors (Lipinski definition) is 6. The Hall–Kier alpha value is -2.59. The van der Waals surface area contributed by atoms with Crippen molar-refractivity contribution in [2.75, 3.05) is 30.9 Å². The summed E-state index contributed by atoms with van der Waals surface area (Å²) in [5.74, 6) is -1.00. The Bertz CT molecular complexity index is 1100. The summed E-state index contributed by atoms with van der Waals surface area (Å²) in [4.78, 5) is 39.4. The van der Waals surface area contributed by atoms with Crippen molar-refractivity contribution in [3.05, 3.63) is 44.3 Å². The van der Waals surface area contributed by atoms with Gasteiger partial charge in [0.25, 0.3) is 11.8 Å². The topological polar surface area (TPSA) is 94.4 Å². The maximum atomic E-state index is 12.4. The van der Waals surface area contributed by atoms with Gasteiger partial charge in [-0.25, -0.2) is 0 Å². The van der Waals surface area contributed by atoms with Crippen molar-refractivity contribution in [3.8, 4) is 0 Å². The largest absolute Gasteiger partial charge is 0.375 e. The Morgan fingerprint density at radius 1 is 1.17 bits per heavy atom. The first-order chi connectivity index (χ1) is 14.1. The van der Waals surface area contributed by atoms with Crippen molar-refractivity contribution in [1.82, 2.24) is 4.90 Å². The van der Waals surface area contributed by atoms with E-state index in [1.807, 2.05) is 31.0 Å². The maximum Gasteiger partial charge on any atom is 0.262 e. The number of rotatable bonds is 5. The molecule has 0 saturated heterocycles. The fraction of sp³-hybridized carbons (Fsp3) is 0.250. The Morgan fingerprint density at radius 2 is 1.87 bits per heavy atom. The van der Waals surface area contributed by atoms with Gasteiger partial charge in [0.05, 0.1) is 21.3 Å². The predicted octanol–water partition coefficient (Wildman–Crippen LogP) is 5.27. The molecule has 10 heteroatoms. The van der Waals surface area contributed by atoms with Gasteiger partial charge in [-0.05, 0) is 63.0 Å². The van der Waals surface area contributed by atoms with Crippen LogP contribution in [-0.2, 0) is 4.79 Å². The Morgan fingerprint density at radius 3 is 2.50 bits per heavy atom. The van der Waals surface area contributed by atoms with E-state index in [0.29, 0.717) is 31.6 Å². The molecule has 0 bridgehead atoms. The van der Waals surface area contributed by atoms with Gasteiger partial charge in [0.2, 0.25) is 5.91 Å². The van der Waals surface area contributed by atoms with E-state index in [4.69, 9.17) is 0 Å². The van der Waals surface area contributed by atoms with Gasteiger partial charge in [0.1, 0.15) is 11.4 Å². The van der Waals surface area contributed by atoms with Crippen LogP contribution in [0.2, 0.25) is 0 Å². The standard InChI is InChI=1S/C20H19Br2N5O3/c1-5-26(3)11-6-7-14(15(8-11)23-10(2)28)24-25-18-13(21)9-12-16(17(18)22)20(30)27(4)19(12)29/h6-9H,5H2,1-4H3,(H,23,28). The smallest absolute Gasteiger partial charge is 0.262 e. The van der Waals surface area contributed by atoms with E-state index in [1.165, 1.54) is 14.0 Å². The molecule has 1 heterocycles. The second kappa shape index (κ2) is 8.65. The number of imide groups is 1. The average Bonchev–Trinajstić information content (AvgIpc) is 2.91. The van der Waals surface area contributed by atoms with Crippen LogP contribution in [0.3, 0.4) is 0 Å². The lowest BCUT2D eigenvalue weighted by Crippen LogP contribution is -2.24. The zero-order chi connectivity index (χ0) is 22.2. The molecule has 156 valence electrons. The monoisotopic (exact) mass is 535 g/mol. The molecule has 8 nitrogen and oxygen atoms in total. The summed E-state index contributed by atoms with van der Waals surface area (Å²) in [5.41, 5.74) is 2.81. The zero-order valence-corrected chi connectivity index (χ0v) is 20.0. The first-order valence-corrected chi connectivity index (χ1v) is 10.6. The third-order valence-corrected chi connectivity index (χ3v) is 6.09. The normalized spacial score (nSPS) is 13.2. The number of nitrogens with one attached hydrogen (secondary N) is 1. The number of carbonyl (C=O) groups excluding carboxylic acids is 3. The Labute approximate surface area is 190 Å². The van der Waals surface area contributed by atoms with Crippen molar-refractivity contribution < 1.29 is 14.4 Å². The lowest BCUT2D eigenvalue weighted by Gasteiger charge is -2.18. The quantitative estimate of drug-likeness (QED) is 0.416. The Kier molecular flexibility index (Phi) is 6.37. The van der Waals surface area contributed by atoms with Crippen LogP contribution < -0.4 is 10.2 Å². The first kappa shape index (κ1) is 22.1.